The second-order valence-corrected chi connectivity index (χ2v) is 4.52. The van der Waals surface area contributed by atoms with Gasteiger partial charge in [0.1, 0.15) is 0 Å². The van der Waals surface area contributed by atoms with Crippen LogP contribution in [0.3, 0.4) is 0 Å². The van der Waals surface area contributed by atoms with E-state index in [1.54, 1.807) is 0 Å². The molecule has 18 heavy (non-hydrogen) atoms. The van der Waals surface area contributed by atoms with Crippen LogP contribution in [-0.2, 0) is 11.2 Å². The number of hydrogen-bond acceptors (Lipinski definition) is 2. The average molecular weight is 249 g/mol. The molecule has 0 unspecified atom stereocenters. The average Bonchev–Trinajstić information content (AvgIpc) is 2.37. The molecule has 1 rings (SSSR count). The molecule has 2 N–H and O–H groups in total. The lowest BCUT2D eigenvalue weighted by Gasteiger charge is -2.03. The van der Waals surface area contributed by atoms with Crippen molar-refractivity contribution < 1.29 is 9.53 Å². The highest BCUT2D eigenvalue weighted by molar-refractivity contribution is 5.64. The maximum atomic E-state index is 10.3. The van der Waals surface area contributed by atoms with E-state index in [1.807, 2.05) is 0 Å². The van der Waals surface area contributed by atoms with E-state index in [0.29, 0.717) is 6.61 Å². The fraction of sp³-hybridized carbons (Fsp3) is 0.533. The predicted molar refractivity (Wildman–Crippen MR) is 73.4 cm³/mol. The van der Waals surface area contributed by atoms with Crippen LogP contribution in [0.2, 0.25) is 0 Å². The van der Waals surface area contributed by atoms with Crippen LogP contribution in [0.5, 0.6) is 0 Å². The number of unbranched alkanes of at least 4 members (excludes halogenated alkanes) is 5. The van der Waals surface area contributed by atoms with Crippen LogP contribution in [0.15, 0.2) is 30.3 Å². The van der Waals surface area contributed by atoms with Crippen LogP contribution in [0, 0.1) is 0 Å². The Labute approximate surface area is 109 Å². The number of benzene rings is 1. The highest BCUT2D eigenvalue weighted by Crippen LogP contribution is 2.09. The molecule has 0 saturated carbocycles. The number of nitrogens with two attached hydrogens (primary N) is 1. The summed E-state index contributed by atoms with van der Waals surface area (Å²) in [4.78, 5) is 10.3. The number of rotatable bonds is 9. The fourth-order valence-electron chi connectivity index (χ4n) is 1.96. The predicted octanol–water partition coefficient (Wildman–Crippen LogP) is 3.67. The molecule has 0 atom stereocenters. The van der Waals surface area contributed by atoms with Gasteiger partial charge in [0, 0.05) is 0 Å². The molecule has 3 heteroatoms. The van der Waals surface area contributed by atoms with Crippen molar-refractivity contribution in [3.05, 3.63) is 35.9 Å². The third-order valence-electron chi connectivity index (χ3n) is 2.95. The van der Waals surface area contributed by atoms with Gasteiger partial charge in [0.2, 0.25) is 0 Å². The Morgan fingerprint density at radius 1 is 0.944 bits per heavy atom. The summed E-state index contributed by atoms with van der Waals surface area (Å²) in [7, 11) is 0. The van der Waals surface area contributed by atoms with Crippen molar-refractivity contribution in [3.8, 4) is 0 Å². The topological polar surface area (TPSA) is 52.3 Å². The van der Waals surface area contributed by atoms with Gasteiger partial charge in [-0.05, 0) is 24.8 Å². The van der Waals surface area contributed by atoms with E-state index >= 15 is 0 Å². The molecule has 0 aromatic heterocycles. The lowest BCUT2D eigenvalue weighted by atomic mass is 10.1. The molecule has 0 fully saturated rings. The number of aryl methyl sites for hydroxylation is 1. The van der Waals surface area contributed by atoms with E-state index in [4.69, 9.17) is 5.73 Å². The van der Waals surface area contributed by atoms with Crippen molar-refractivity contribution in [2.75, 3.05) is 6.61 Å². The summed E-state index contributed by atoms with van der Waals surface area (Å²) in [5.74, 6) is 0. The second-order valence-electron chi connectivity index (χ2n) is 4.52. The van der Waals surface area contributed by atoms with E-state index in [-0.39, 0.29) is 0 Å². The van der Waals surface area contributed by atoms with Gasteiger partial charge in [-0.25, -0.2) is 4.79 Å². The Bertz CT molecular complexity index is 325. The van der Waals surface area contributed by atoms with Gasteiger partial charge in [0.05, 0.1) is 6.61 Å². The quantitative estimate of drug-likeness (QED) is 0.679. The summed E-state index contributed by atoms with van der Waals surface area (Å²) in [6, 6.07) is 10.6. The number of primary amides is 1. The van der Waals surface area contributed by atoms with E-state index in [1.165, 1.54) is 37.7 Å². The van der Waals surface area contributed by atoms with Crippen LogP contribution in [0.4, 0.5) is 4.79 Å². The smallest absolute Gasteiger partial charge is 0.404 e. The molecule has 0 saturated heterocycles. The van der Waals surface area contributed by atoms with Crippen molar-refractivity contribution in [3.63, 3.8) is 0 Å². The van der Waals surface area contributed by atoms with Gasteiger partial charge in [-0.3, -0.25) is 0 Å². The number of hydrogen-bond donors (Lipinski definition) is 1. The zero-order valence-electron chi connectivity index (χ0n) is 10.9. The summed E-state index contributed by atoms with van der Waals surface area (Å²) >= 11 is 0. The minimum absolute atomic E-state index is 0.458. The SMILES string of the molecule is NC(=O)OCCCCCCCCc1ccccc1. The largest absolute Gasteiger partial charge is 0.450 e. The Balaban J connectivity index is 1.86. The Hall–Kier alpha value is -1.51. The highest BCUT2D eigenvalue weighted by Gasteiger charge is 1.95. The van der Waals surface area contributed by atoms with Crippen LogP contribution in [-0.4, -0.2) is 12.7 Å². The Morgan fingerprint density at radius 3 is 2.22 bits per heavy atom. The number of ether oxygens (including phenoxy) is 1. The van der Waals surface area contributed by atoms with Crippen molar-refractivity contribution in [2.45, 2.75) is 44.9 Å². The Morgan fingerprint density at radius 2 is 1.56 bits per heavy atom. The van der Waals surface area contributed by atoms with Gasteiger partial charge in [0.15, 0.2) is 0 Å². The first-order chi connectivity index (χ1) is 8.79. The van der Waals surface area contributed by atoms with Crippen LogP contribution < -0.4 is 5.73 Å². The maximum Gasteiger partial charge on any atom is 0.404 e. The van der Waals surface area contributed by atoms with Gasteiger partial charge < -0.3 is 10.5 Å². The molecule has 0 spiro atoms. The molecule has 0 radical (unpaired) electrons. The zero-order chi connectivity index (χ0) is 13.1. The molecule has 1 aromatic carbocycles. The maximum absolute atomic E-state index is 10.3. The van der Waals surface area contributed by atoms with Crippen LogP contribution >= 0.6 is 0 Å². The van der Waals surface area contributed by atoms with E-state index in [2.05, 4.69) is 35.1 Å². The molecular formula is C15H23NO2. The normalized spacial score (nSPS) is 10.2. The molecule has 0 aliphatic rings. The van der Waals surface area contributed by atoms with Gasteiger partial charge in [-0.15, -0.1) is 0 Å². The standard InChI is InChI=1S/C15H23NO2/c16-15(17)18-13-9-4-2-1-3-6-10-14-11-7-5-8-12-14/h5,7-8,11-12H,1-4,6,9-10,13H2,(H2,16,17). The number of amides is 1. The molecule has 3 nitrogen and oxygen atoms in total. The summed E-state index contributed by atoms with van der Waals surface area (Å²) in [6.45, 7) is 0.458. The van der Waals surface area contributed by atoms with E-state index in [9.17, 15) is 4.79 Å². The minimum Gasteiger partial charge on any atom is -0.450 e. The number of carbonyl (C=O) groups is 1. The van der Waals surface area contributed by atoms with E-state index < -0.39 is 6.09 Å². The molecule has 0 heterocycles. The van der Waals surface area contributed by atoms with Crippen molar-refractivity contribution in [1.29, 1.82) is 0 Å². The summed E-state index contributed by atoms with van der Waals surface area (Å²) < 4.78 is 4.67. The molecule has 1 amide bonds. The van der Waals surface area contributed by atoms with Crippen LogP contribution in [0.25, 0.3) is 0 Å². The summed E-state index contributed by atoms with van der Waals surface area (Å²) in [5.41, 5.74) is 6.29. The van der Waals surface area contributed by atoms with Gasteiger partial charge >= 0.3 is 6.09 Å². The first-order valence-corrected chi connectivity index (χ1v) is 6.75. The third-order valence-corrected chi connectivity index (χ3v) is 2.95. The monoisotopic (exact) mass is 249 g/mol. The summed E-state index contributed by atoms with van der Waals surface area (Å²) in [5, 5.41) is 0. The van der Waals surface area contributed by atoms with Gasteiger partial charge in [-0.2, -0.15) is 0 Å². The molecule has 0 bridgehead atoms. The molecular weight excluding hydrogens is 226 g/mol. The molecule has 0 aliphatic heterocycles. The second kappa shape index (κ2) is 9.51. The van der Waals surface area contributed by atoms with Crippen LogP contribution in [0.1, 0.15) is 44.1 Å². The van der Waals surface area contributed by atoms with Crippen molar-refractivity contribution >= 4 is 6.09 Å². The minimum atomic E-state index is -0.669. The lowest BCUT2D eigenvalue weighted by Crippen LogP contribution is -2.13. The van der Waals surface area contributed by atoms with Gasteiger partial charge in [-0.1, -0.05) is 56.0 Å². The first-order valence-electron chi connectivity index (χ1n) is 6.75. The zero-order valence-corrected chi connectivity index (χ0v) is 10.9. The molecule has 1 aromatic rings. The molecule has 0 aliphatic carbocycles. The highest BCUT2D eigenvalue weighted by atomic mass is 16.5. The number of carbonyl (C=O) groups excluding carboxylic acids is 1. The van der Waals surface area contributed by atoms with E-state index in [0.717, 1.165) is 12.8 Å². The lowest BCUT2D eigenvalue weighted by molar-refractivity contribution is 0.154. The van der Waals surface area contributed by atoms with Gasteiger partial charge in [0.25, 0.3) is 0 Å². The first kappa shape index (κ1) is 14.6. The summed E-state index contributed by atoms with van der Waals surface area (Å²) in [6.07, 6.45) is 7.51. The third kappa shape index (κ3) is 7.71. The van der Waals surface area contributed by atoms with Crippen molar-refractivity contribution in [1.82, 2.24) is 0 Å². The molecule has 100 valence electrons. The Kier molecular flexibility index (Phi) is 7.69. The van der Waals surface area contributed by atoms with Crippen molar-refractivity contribution in [2.24, 2.45) is 5.73 Å². The fourth-order valence-corrected chi connectivity index (χ4v) is 1.96.